The molecule has 2 rings (SSSR count). The maximum absolute atomic E-state index is 12.7. The smallest absolute Gasteiger partial charge is 0.254 e. The van der Waals surface area contributed by atoms with E-state index in [4.69, 9.17) is 0 Å². The highest BCUT2D eigenvalue weighted by Gasteiger charge is 2.14. The predicted molar refractivity (Wildman–Crippen MR) is 91.2 cm³/mol. The molecule has 21 heavy (non-hydrogen) atoms. The molecule has 0 fully saturated rings. The minimum Gasteiger partial charge on any atom is -0.311 e. The summed E-state index contributed by atoms with van der Waals surface area (Å²) in [7, 11) is 1.90. The highest BCUT2D eigenvalue weighted by molar-refractivity contribution is 5.84. The Balaban J connectivity index is 2.72. The van der Waals surface area contributed by atoms with Crippen molar-refractivity contribution < 1.29 is 0 Å². The van der Waals surface area contributed by atoms with Gasteiger partial charge in [-0.3, -0.25) is 4.79 Å². The Morgan fingerprint density at radius 1 is 1.00 bits per heavy atom. The van der Waals surface area contributed by atoms with Gasteiger partial charge in [-0.1, -0.05) is 38.3 Å². The molecule has 2 nitrogen and oxygen atoms in total. The van der Waals surface area contributed by atoms with Crippen LogP contribution < -0.4 is 5.56 Å². The van der Waals surface area contributed by atoms with Gasteiger partial charge in [0, 0.05) is 18.0 Å². The zero-order valence-electron chi connectivity index (χ0n) is 13.8. The quantitative estimate of drug-likeness (QED) is 0.764. The maximum atomic E-state index is 12.7. The summed E-state index contributed by atoms with van der Waals surface area (Å²) in [6, 6.07) is 6.43. The number of benzene rings is 1. The minimum atomic E-state index is 0.200. The van der Waals surface area contributed by atoms with E-state index in [-0.39, 0.29) is 5.56 Å². The average molecular weight is 285 g/mol. The topological polar surface area (TPSA) is 22.0 Å². The first-order chi connectivity index (χ1) is 10.1. The van der Waals surface area contributed by atoms with Crippen molar-refractivity contribution in [3.05, 3.63) is 45.2 Å². The molecule has 2 aromatic rings. The molecule has 1 aromatic heterocycles. The normalized spacial score (nSPS) is 11.2. The Labute approximate surface area is 127 Å². The molecule has 0 saturated carbocycles. The third-order valence-electron chi connectivity index (χ3n) is 4.33. The van der Waals surface area contributed by atoms with Crippen LogP contribution in [-0.2, 0) is 19.9 Å². The van der Waals surface area contributed by atoms with Crippen molar-refractivity contribution >= 4 is 10.9 Å². The molecule has 0 radical (unpaired) electrons. The van der Waals surface area contributed by atoms with Crippen molar-refractivity contribution in [3.8, 4) is 0 Å². The van der Waals surface area contributed by atoms with Gasteiger partial charge in [0.15, 0.2) is 0 Å². The largest absolute Gasteiger partial charge is 0.311 e. The van der Waals surface area contributed by atoms with Gasteiger partial charge in [0.05, 0.1) is 5.52 Å². The number of hydrogen-bond donors (Lipinski definition) is 0. The van der Waals surface area contributed by atoms with Crippen molar-refractivity contribution in [2.75, 3.05) is 0 Å². The Kier molecular flexibility index (Phi) is 5.22. The Hall–Kier alpha value is -1.57. The van der Waals surface area contributed by atoms with Crippen molar-refractivity contribution in [1.29, 1.82) is 0 Å². The molecular weight excluding hydrogens is 258 g/mol. The van der Waals surface area contributed by atoms with E-state index < -0.39 is 0 Å². The van der Waals surface area contributed by atoms with Gasteiger partial charge in [0.25, 0.3) is 5.56 Å². The fourth-order valence-corrected chi connectivity index (χ4v) is 3.04. The van der Waals surface area contributed by atoms with E-state index in [0.29, 0.717) is 0 Å². The van der Waals surface area contributed by atoms with E-state index >= 15 is 0 Å². The summed E-state index contributed by atoms with van der Waals surface area (Å²) < 4.78 is 1.83. The van der Waals surface area contributed by atoms with Crippen LogP contribution in [0, 0.1) is 6.92 Å². The SMILES string of the molecule is CCCCc1c(CCCC)c2cc(C)ccc2n(C)c1=O. The number of unbranched alkanes of at least 4 members (excludes halogenated alkanes) is 2. The van der Waals surface area contributed by atoms with Crippen molar-refractivity contribution in [1.82, 2.24) is 4.57 Å². The zero-order chi connectivity index (χ0) is 15.4. The van der Waals surface area contributed by atoms with Crippen LogP contribution in [0.5, 0.6) is 0 Å². The van der Waals surface area contributed by atoms with E-state index in [1.165, 1.54) is 16.5 Å². The molecule has 2 heteroatoms. The summed E-state index contributed by atoms with van der Waals surface area (Å²) in [6.45, 7) is 6.52. The molecule has 0 bridgehead atoms. The van der Waals surface area contributed by atoms with Crippen LogP contribution in [0.25, 0.3) is 10.9 Å². The molecule has 0 atom stereocenters. The summed E-state index contributed by atoms with van der Waals surface area (Å²) >= 11 is 0. The van der Waals surface area contributed by atoms with E-state index in [1.807, 2.05) is 11.6 Å². The lowest BCUT2D eigenvalue weighted by Crippen LogP contribution is -2.24. The number of nitrogens with zero attached hydrogens (tertiary/aromatic N) is 1. The molecule has 0 N–H and O–H groups in total. The molecule has 0 saturated heterocycles. The van der Waals surface area contributed by atoms with Gasteiger partial charge in [-0.15, -0.1) is 0 Å². The summed E-state index contributed by atoms with van der Waals surface area (Å²) in [5, 5.41) is 1.27. The number of fused-ring (bicyclic) bond motifs is 1. The van der Waals surface area contributed by atoms with Crippen LogP contribution in [-0.4, -0.2) is 4.57 Å². The van der Waals surface area contributed by atoms with E-state index in [9.17, 15) is 4.79 Å². The second kappa shape index (κ2) is 6.93. The van der Waals surface area contributed by atoms with E-state index in [1.54, 1.807) is 0 Å². The van der Waals surface area contributed by atoms with Crippen LogP contribution in [0.3, 0.4) is 0 Å². The average Bonchev–Trinajstić information content (AvgIpc) is 2.48. The van der Waals surface area contributed by atoms with Crippen LogP contribution in [0.2, 0.25) is 0 Å². The standard InChI is InChI=1S/C19H27NO/c1-5-7-9-15-16(10-8-6-2)19(21)20(4)18-12-11-14(3)13-17(15)18/h11-13H,5-10H2,1-4H3. The van der Waals surface area contributed by atoms with Crippen LogP contribution in [0.1, 0.15) is 56.2 Å². The Bertz CT molecular complexity index is 682. The second-order valence-corrected chi connectivity index (χ2v) is 6.05. The van der Waals surface area contributed by atoms with Gasteiger partial charge in [0.1, 0.15) is 0 Å². The molecule has 0 spiro atoms. The molecule has 0 aliphatic rings. The molecule has 1 aromatic carbocycles. The number of aromatic nitrogens is 1. The van der Waals surface area contributed by atoms with Crippen LogP contribution in [0.15, 0.2) is 23.0 Å². The van der Waals surface area contributed by atoms with Gasteiger partial charge < -0.3 is 4.57 Å². The third kappa shape index (κ3) is 3.20. The van der Waals surface area contributed by atoms with Crippen molar-refractivity contribution in [2.24, 2.45) is 7.05 Å². The summed E-state index contributed by atoms with van der Waals surface area (Å²) in [6.07, 6.45) is 6.46. The lowest BCUT2D eigenvalue weighted by atomic mass is 9.94. The zero-order valence-corrected chi connectivity index (χ0v) is 13.8. The Morgan fingerprint density at radius 2 is 1.62 bits per heavy atom. The summed E-state index contributed by atoms with van der Waals surface area (Å²) in [4.78, 5) is 12.7. The molecular formula is C19H27NO. The number of pyridine rings is 1. The number of aryl methyl sites for hydroxylation is 3. The first kappa shape index (κ1) is 15.8. The first-order valence-electron chi connectivity index (χ1n) is 8.21. The van der Waals surface area contributed by atoms with E-state index in [2.05, 4.69) is 39.0 Å². The molecule has 0 amide bonds. The maximum Gasteiger partial charge on any atom is 0.254 e. The van der Waals surface area contributed by atoms with Gasteiger partial charge >= 0.3 is 0 Å². The molecule has 0 aliphatic heterocycles. The first-order valence-corrected chi connectivity index (χ1v) is 8.21. The molecule has 0 aliphatic carbocycles. The third-order valence-corrected chi connectivity index (χ3v) is 4.33. The van der Waals surface area contributed by atoms with Crippen LogP contribution >= 0.6 is 0 Å². The van der Waals surface area contributed by atoms with Crippen molar-refractivity contribution in [3.63, 3.8) is 0 Å². The predicted octanol–water partition coefficient (Wildman–Crippen LogP) is 4.53. The van der Waals surface area contributed by atoms with E-state index in [0.717, 1.165) is 49.6 Å². The minimum absolute atomic E-state index is 0.200. The summed E-state index contributed by atoms with van der Waals surface area (Å²) in [5.41, 5.74) is 4.88. The molecule has 114 valence electrons. The molecule has 1 heterocycles. The summed E-state index contributed by atoms with van der Waals surface area (Å²) in [5.74, 6) is 0. The Morgan fingerprint density at radius 3 is 2.24 bits per heavy atom. The fraction of sp³-hybridized carbons (Fsp3) is 0.526. The number of rotatable bonds is 6. The lowest BCUT2D eigenvalue weighted by Gasteiger charge is -2.16. The second-order valence-electron chi connectivity index (χ2n) is 6.05. The fourth-order valence-electron chi connectivity index (χ4n) is 3.04. The number of hydrogen-bond acceptors (Lipinski definition) is 1. The highest BCUT2D eigenvalue weighted by atomic mass is 16.1. The van der Waals surface area contributed by atoms with Gasteiger partial charge in [-0.05, 0) is 50.3 Å². The van der Waals surface area contributed by atoms with Crippen molar-refractivity contribution in [2.45, 2.75) is 59.3 Å². The molecule has 0 unspecified atom stereocenters. The van der Waals surface area contributed by atoms with Gasteiger partial charge in [-0.25, -0.2) is 0 Å². The highest BCUT2D eigenvalue weighted by Crippen LogP contribution is 2.24. The van der Waals surface area contributed by atoms with Gasteiger partial charge in [0.2, 0.25) is 0 Å². The van der Waals surface area contributed by atoms with Crippen LogP contribution in [0.4, 0.5) is 0 Å². The lowest BCUT2D eigenvalue weighted by molar-refractivity contribution is 0.740. The van der Waals surface area contributed by atoms with Gasteiger partial charge in [-0.2, -0.15) is 0 Å². The monoisotopic (exact) mass is 285 g/mol.